The van der Waals surface area contributed by atoms with Gasteiger partial charge in [-0.1, -0.05) is 44.6 Å². The number of methoxy groups -OCH3 is 2. The Balaban J connectivity index is 0.883. The zero-order chi connectivity index (χ0) is 43.9. The van der Waals surface area contributed by atoms with Gasteiger partial charge in [-0.2, -0.15) is 0 Å². The van der Waals surface area contributed by atoms with Crippen LogP contribution in [0.15, 0.2) is 58.6 Å². The Bertz CT molecular complexity index is 2350. The molecule has 4 aromatic rings. The summed E-state index contributed by atoms with van der Waals surface area (Å²) in [4.78, 5) is 56.3. The third-order valence-corrected chi connectivity index (χ3v) is 15.1. The highest BCUT2D eigenvalue weighted by Crippen LogP contribution is 2.45. The van der Waals surface area contributed by atoms with Crippen molar-refractivity contribution < 1.29 is 37.0 Å². The molecule has 2 aromatic heterocycles. The van der Waals surface area contributed by atoms with Crippen LogP contribution in [-0.2, 0) is 30.5 Å². The molecule has 16 nitrogen and oxygen atoms in total. The number of hydrogen-bond donors (Lipinski definition) is 5. The van der Waals surface area contributed by atoms with Gasteiger partial charge in [0.25, 0.3) is 0 Å². The lowest BCUT2D eigenvalue weighted by molar-refractivity contribution is -0.136. The summed E-state index contributed by atoms with van der Waals surface area (Å²) < 4.78 is 44.2. The molecule has 4 aliphatic rings. The van der Waals surface area contributed by atoms with E-state index in [4.69, 9.17) is 14.2 Å². The summed E-state index contributed by atoms with van der Waals surface area (Å²) in [6.45, 7) is 2.08. The Morgan fingerprint density at radius 3 is 2.22 bits per heavy atom. The fourth-order valence-electron chi connectivity index (χ4n) is 9.88. The van der Waals surface area contributed by atoms with Gasteiger partial charge in [-0.15, -0.1) is 0 Å². The summed E-state index contributed by atoms with van der Waals surface area (Å²) in [5, 5.41) is 9.38. The van der Waals surface area contributed by atoms with E-state index in [1.165, 1.54) is 33.5 Å². The lowest BCUT2D eigenvalue weighted by Gasteiger charge is -2.34. The molecular weight excluding hydrogens is 825 g/mol. The molecule has 3 atom stereocenters. The van der Waals surface area contributed by atoms with E-state index in [1.807, 2.05) is 0 Å². The number of rotatable bonds is 15. The third kappa shape index (κ3) is 10.0. The number of unbranched alkanes of at least 4 members (excludes halogenated alkanes) is 1. The second-order valence-electron chi connectivity index (χ2n) is 17.4. The maximum Gasteiger partial charge on any atom is 0.407 e. The zero-order valence-corrected chi connectivity index (χ0v) is 37.1. The number of aryl methyl sites for hydroxylation is 1. The number of nitrogens with zero attached hydrogens (tertiary/aromatic N) is 3. The third-order valence-electron chi connectivity index (χ3n) is 13.3. The van der Waals surface area contributed by atoms with Gasteiger partial charge in [-0.25, -0.2) is 28.0 Å². The van der Waals surface area contributed by atoms with E-state index < -0.39 is 22.0 Å². The average molecular weight is 885 g/mol. The van der Waals surface area contributed by atoms with Crippen molar-refractivity contribution in [2.75, 3.05) is 33.9 Å². The first-order valence-corrected chi connectivity index (χ1v) is 24.1. The zero-order valence-electron chi connectivity index (χ0n) is 36.2. The fourth-order valence-corrected chi connectivity index (χ4v) is 11.4. The molecule has 4 heterocycles. The lowest BCUT2D eigenvalue weighted by atomic mass is 9.83. The van der Waals surface area contributed by atoms with Gasteiger partial charge in [-0.05, 0) is 100 Å². The van der Waals surface area contributed by atoms with Crippen LogP contribution in [0.5, 0.6) is 11.5 Å². The first-order valence-electron chi connectivity index (χ1n) is 22.6. The first-order chi connectivity index (χ1) is 30.6. The highest BCUT2D eigenvalue weighted by Gasteiger charge is 2.40. The molecular formula is C46H60N8O8S. The fraction of sp³-hybridized carbons (Fsp3) is 0.543. The monoisotopic (exact) mass is 884 g/mol. The molecule has 0 spiro atoms. The molecule has 1 saturated heterocycles. The van der Waals surface area contributed by atoms with Gasteiger partial charge >= 0.3 is 12.2 Å². The number of carbonyl (C=O) groups is 3. The average Bonchev–Trinajstić information content (AvgIpc) is 4.11. The SMILES string of the molecule is COC(=O)NC(CNCCCCc1ncc(-c2ccc3c(c2)Oc2ccc(-c4cnc(C5CCCN5C(=O)C(NC(=O)OC)C5CCCCC5)[nH]4)cc2S3(=O)=O)[nH]1)C1CCCCC1. The van der Waals surface area contributed by atoms with Gasteiger partial charge in [0, 0.05) is 36.7 Å². The topological polar surface area (TPSA) is 210 Å². The van der Waals surface area contributed by atoms with E-state index in [0.717, 1.165) is 94.3 Å². The van der Waals surface area contributed by atoms with Crippen molar-refractivity contribution in [1.82, 2.24) is 40.8 Å². The second kappa shape index (κ2) is 20.0. The minimum Gasteiger partial charge on any atom is -0.455 e. The lowest BCUT2D eigenvalue weighted by Crippen LogP contribution is -2.52. The van der Waals surface area contributed by atoms with Crippen LogP contribution in [0.2, 0.25) is 0 Å². The van der Waals surface area contributed by atoms with E-state index in [9.17, 15) is 22.8 Å². The number of nitrogens with one attached hydrogen (secondary N) is 5. The highest BCUT2D eigenvalue weighted by atomic mass is 32.2. The summed E-state index contributed by atoms with van der Waals surface area (Å²) in [5.74, 6) is 2.29. The van der Waals surface area contributed by atoms with Gasteiger partial charge in [0.15, 0.2) is 0 Å². The maximum absolute atomic E-state index is 14.1. The van der Waals surface area contributed by atoms with Crippen LogP contribution in [0.4, 0.5) is 9.59 Å². The Morgan fingerprint density at radius 1 is 0.778 bits per heavy atom. The van der Waals surface area contributed by atoms with Gasteiger partial charge in [0.1, 0.15) is 39.0 Å². The number of carbonyl (C=O) groups excluding carboxylic acids is 3. The quantitative estimate of drug-likeness (QED) is 0.0647. The predicted molar refractivity (Wildman–Crippen MR) is 235 cm³/mol. The number of hydrogen-bond acceptors (Lipinski definition) is 11. The van der Waals surface area contributed by atoms with Crippen LogP contribution in [0.25, 0.3) is 22.5 Å². The molecule has 2 aliphatic carbocycles. The minimum absolute atomic E-state index is 0.0402. The number of alkyl carbamates (subject to hydrolysis) is 2. The van der Waals surface area contributed by atoms with Crippen molar-refractivity contribution in [2.24, 2.45) is 11.8 Å². The van der Waals surface area contributed by atoms with E-state index in [2.05, 4.69) is 35.9 Å². The Hall–Kier alpha value is -5.42. The molecule has 3 amide bonds. The van der Waals surface area contributed by atoms with Crippen LogP contribution in [0.1, 0.15) is 108 Å². The number of benzene rings is 2. The van der Waals surface area contributed by atoms with Crippen molar-refractivity contribution in [3.63, 3.8) is 0 Å². The summed E-state index contributed by atoms with van der Waals surface area (Å²) in [6, 6.07) is 9.18. The molecule has 3 unspecified atom stereocenters. The smallest absolute Gasteiger partial charge is 0.407 e. The Morgan fingerprint density at radius 2 is 1.46 bits per heavy atom. The van der Waals surface area contributed by atoms with Crippen molar-refractivity contribution in [1.29, 1.82) is 0 Å². The van der Waals surface area contributed by atoms with E-state index in [0.29, 0.717) is 42.5 Å². The summed E-state index contributed by atoms with van der Waals surface area (Å²) in [7, 11) is -1.24. The normalized spacial score (nSPS) is 19.6. The molecule has 17 heteroatoms. The molecule has 2 saturated carbocycles. The number of imidazole rings is 2. The molecule has 0 radical (unpaired) electrons. The van der Waals surface area contributed by atoms with Crippen LogP contribution < -0.4 is 20.7 Å². The van der Waals surface area contributed by atoms with E-state index in [1.54, 1.807) is 53.7 Å². The Kier molecular flexibility index (Phi) is 14.0. The van der Waals surface area contributed by atoms with Gasteiger partial charge in [0.2, 0.25) is 15.7 Å². The minimum atomic E-state index is -3.94. The van der Waals surface area contributed by atoms with E-state index >= 15 is 0 Å². The summed E-state index contributed by atoms with van der Waals surface area (Å²) in [5.41, 5.74) is 2.75. The number of H-pyrrole nitrogens is 2. The standard InChI is InChI=1S/C46H60N8O8S/c1-60-45(56)52-33(29-12-5-3-6-13-29)26-47-22-10-9-17-41-48-27-34(50-41)31-19-21-39-38(24-31)62-37-20-18-32(25-40(37)63(39,58)59)35-28-49-43(51-35)36-16-11-23-54(36)44(55)42(53-46(57)61-2)30-14-7-4-8-15-30/h18-21,24-25,27-30,33,36,42,47H,3-17,22-23,26H2,1-2H3,(H,48,50)(H,49,51)(H,52,56)(H,53,57). The number of fused-ring (bicyclic) bond motifs is 2. The van der Waals surface area contributed by atoms with Crippen LogP contribution in [-0.4, -0.2) is 97.3 Å². The molecule has 0 bridgehead atoms. The van der Waals surface area contributed by atoms with Crippen molar-refractivity contribution in [3.8, 4) is 34.0 Å². The molecule has 2 aliphatic heterocycles. The van der Waals surface area contributed by atoms with Crippen molar-refractivity contribution in [3.05, 3.63) is 60.4 Å². The highest BCUT2D eigenvalue weighted by molar-refractivity contribution is 7.91. The number of amides is 3. The van der Waals surface area contributed by atoms with Crippen LogP contribution in [0.3, 0.4) is 0 Å². The molecule has 63 heavy (non-hydrogen) atoms. The van der Waals surface area contributed by atoms with E-state index in [-0.39, 0.29) is 51.3 Å². The van der Waals surface area contributed by atoms with Gasteiger partial charge < -0.3 is 45.0 Å². The number of sulfone groups is 1. The van der Waals surface area contributed by atoms with Gasteiger partial charge in [0.05, 0.1) is 44.0 Å². The molecule has 338 valence electrons. The first kappa shape index (κ1) is 44.2. The largest absolute Gasteiger partial charge is 0.455 e. The number of likely N-dealkylation sites (tertiary alicyclic amines) is 1. The second-order valence-corrected chi connectivity index (χ2v) is 19.2. The number of aromatic nitrogens is 4. The number of ether oxygens (including phenoxy) is 3. The number of aromatic amines is 2. The van der Waals surface area contributed by atoms with Gasteiger partial charge in [-0.3, -0.25) is 4.79 Å². The van der Waals surface area contributed by atoms with Crippen molar-refractivity contribution >= 4 is 27.9 Å². The molecule has 3 fully saturated rings. The summed E-state index contributed by atoms with van der Waals surface area (Å²) in [6.07, 6.45) is 17.3. The Labute approximate surface area is 369 Å². The summed E-state index contributed by atoms with van der Waals surface area (Å²) >= 11 is 0. The predicted octanol–water partition coefficient (Wildman–Crippen LogP) is 7.59. The van der Waals surface area contributed by atoms with Crippen LogP contribution in [0, 0.1) is 11.8 Å². The molecule has 8 rings (SSSR count). The van der Waals surface area contributed by atoms with Crippen LogP contribution >= 0.6 is 0 Å². The molecule has 5 N–H and O–H groups in total. The van der Waals surface area contributed by atoms with Crippen molar-refractivity contribution in [2.45, 2.75) is 124 Å². The maximum atomic E-state index is 14.1. The molecule has 2 aromatic carbocycles.